The van der Waals surface area contributed by atoms with E-state index in [1.807, 2.05) is 4.90 Å². The average Bonchev–Trinajstić information content (AvgIpc) is 3.40. The fourth-order valence-electron chi connectivity index (χ4n) is 3.62. The SMILES string of the molecule is O=C(N1CCOCC1)N1CCN(Cc2cc(C3CC3)n[nH]2)CC(O)C1. The molecule has 2 N–H and O–H groups in total. The quantitative estimate of drug-likeness (QED) is 0.815. The Kier molecular flexibility index (Phi) is 4.91. The second-order valence-corrected chi connectivity index (χ2v) is 7.31. The van der Waals surface area contributed by atoms with E-state index in [-0.39, 0.29) is 6.03 Å². The predicted molar refractivity (Wildman–Crippen MR) is 91.2 cm³/mol. The summed E-state index contributed by atoms with van der Waals surface area (Å²) >= 11 is 0. The second kappa shape index (κ2) is 7.31. The van der Waals surface area contributed by atoms with Crippen LogP contribution in [0.4, 0.5) is 4.79 Å². The molecule has 1 aromatic heterocycles. The summed E-state index contributed by atoms with van der Waals surface area (Å²) in [4.78, 5) is 18.4. The lowest BCUT2D eigenvalue weighted by Gasteiger charge is -2.32. The molecule has 4 rings (SSSR count). The van der Waals surface area contributed by atoms with E-state index in [0.717, 1.165) is 24.5 Å². The van der Waals surface area contributed by atoms with Crippen molar-refractivity contribution in [3.05, 3.63) is 17.5 Å². The number of aliphatic hydroxyl groups excluding tert-OH is 1. The normalized spacial score (nSPS) is 25.9. The van der Waals surface area contributed by atoms with Crippen LogP contribution in [-0.4, -0.2) is 94.6 Å². The second-order valence-electron chi connectivity index (χ2n) is 7.31. The standard InChI is InChI=1S/C17H27N5O3/c23-15-11-20(10-14-9-16(19-18-14)13-1-2-13)3-4-22(12-15)17(24)21-5-7-25-8-6-21/h9,13,15,23H,1-8,10-12H2,(H,18,19). The molecule has 8 nitrogen and oxygen atoms in total. The number of nitrogens with zero attached hydrogens (tertiary/aromatic N) is 4. The minimum atomic E-state index is -0.529. The van der Waals surface area contributed by atoms with Gasteiger partial charge < -0.3 is 19.6 Å². The number of urea groups is 1. The van der Waals surface area contributed by atoms with Crippen molar-refractivity contribution in [3.63, 3.8) is 0 Å². The van der Waals surface area contributed by atoms with Crippen LogP contribution in [0.15, 0.2) is 6.07 Å². The molecule has 25 heavy (non-hydrogen) atoms. The third-order valence-electron chi connectivity index (χ3n) is 5.18. The van der Waals surface area contributed by atoms with Gasteiger partial charge in [-0.3, -0.25) is 10.00 Å². The van der Waals surface area contributed by atoms with Crippen LogP contribution in [0.5, 0.6) is 0 Å². The minimum Gasteiger partial charge on any atom is -0.390 e. The number of aliphatic hydroxyl groups is 1. The zero-order valence-electron chi connectivity index (χ0n) is 14.6. The van der Waals surface area contributed by atoms with Crippen molar-refractivity contribution in [2.24, 2.45) is 0 Å². The van der Waals surface area contributed by atoms with Gasteiger partial charge in [0.25, 0.3) is 0 Å². The molecule has 1 atom stereocenters. The van der Waals surface area contributed by atoms with Gasteiger partial charge in [0, 0.05) is 57.4 Å². The maximum atomic E-state index is 12.7. The van der Waals surface area contributed by atoms with Gasteiger partial charge >= 0.3 is 6.03 Å². The van der Waals surface area contributed by atoms with E-state index >= 15 is 0 Å². The Morgan fingerprint density at radius 1 is 1.20 bits per heavy atom. The molecule has 0 bridgehead atoms. The number of ether oxygens (including phenoxy) is 1. The number of aromatic amines is 1. The Hall–Kier alpha value is -1.64. The van der Waals surface area contributed by atoms with E-state index in [9.17, 15) is 9.90 Å². The summed E-state index contributed by atoms with van der Waals surface area (Å²) in [6, 6.07) is 2.16. The number of β-amino-alcohol motifs (C(OH)–C–C–N with tert-alkyl or cyclic N) is 1. The van der Waals surface area contributed by atoms with Crippen molar-refractivity contribution in [1.29, 1.82) is 0 Å². The zero-order valence-corrected chi connectivity index (χ0v) is 14.6. The van der Waals surface area contributed by atoms with Crippen molar-refractivity contribution in [2.45, 2.75) is 31.4 Å². The lowest BCUT2D eigenvalue weighted by atomic mass is 10.2. The first-order valence-electron chi connectivity index (χ1n) is 9.25. The molecule has 138 valence electrons. The Labute approximate surface area is 147 Å². The Morgan fingerprint density at radius 2 is 2.00 bits per heavy atom. The van der Waals surface area contributed by atoms with Crippen molar-refractivity contribution in [2.75, 3.05) is 52.5 Å². The first-order chi connectivity index (χ1) is 12.2. The summed E-state index contributed by atoms with van der Waals surface area (Å²) in [5, 5.41) is 17.9. The van der Waals surface area contributed by atoms with Crippen LogP contribution in [0, 0.1) is 0 Å². The van der Waals surface area contributed by atoms with Crippen LogP contribution in [0.2, 0.25) is 0 Å². The van der Waals surface area contributed by atoms with E-state index < -0.39 is 6.10 Å². The van der Waals surface area contributed by atoms with Crippen LogP contribution in [0.3, 0.4) is 0 Å². The van der Waals surface area contributed by atoms with Crippen LogP contribution < -0.4 is 0 Å². The Bertz CT molecular complexity index is 597. The maximum absolute atomic E-state index is 12.7. The molecule has 1 unspecified atom stereocenters. The van der Waals surface area contributed by atoms with Gasteiger partial charge in [0.2, 0.25) is 0 Å². The number of hydrogen-bond donors (Lipinski definition) is 2. The molecule has 3 aliphatic rings. The van der Waals surface area contributed by atoms with Crippen molar-refractivity contribution in [3.8, 4) is 0 Å². The third kappa shape index (κ3) is 4.13. The number of rotatable bonds is 3. The van der Waals surface area contributed by atoms with Crippen LogP contribution in [0.25, 0.3) is 0 Å². The van der Waals surface area contributed by atoms with Gasteiger partial charge in [-0.2, -0.15) is 5.10 Å². The Morgan fingerprint density at radius 3 is 2.76 bits per heavy atom. The summed E-state index contributed by atoms with van der Waals surface area (Å²) in [6.07, 6.45) is 1.95. The molecule has 2 saturated heterocycles. The fraction of sp³-hybridized carbons (Fsp3) is 0.765. The van der Waals surface area contributed by atoms with Gasteiger partial charge in [-0.15, -0.1) is 0 Å². The topological polar surface area (TPSA) is 84.9 Å². The molecule has 1 aromatic rings. The molecular formula is C17H27N5O3. The highest BCUT2D eigenvalue weighted by Gasteiger charge is 2.29. The van der Waals surface area contributed by atoms with Crippen molar-refractivity contribution < 1.29 is 14.6 Å². The fourth-order valence-corrected chi connectivity index (χ4v) is 3.62. The minimum absolute atomic E-state index is 0.0155. The lowest BCUT2D eigenvalue weighted by molar-refractivity contribution is 0.0398. The molecule has 0 radical (unpaired) electrons. The average molecular weight is 349 g/mol. The Balaban J connectivity index is 1.34. The summed E-state index contributed by atoms with van der Waals surface area (Å²) in [7, 11) is 0. The van der Waals surface area contributed by atoms with Crippen LogP contribution >= 0.6 is 0 Å². The van der Waals surface area contributed by atoms with E-state index in [2.05, 4.69) is 21.2 Å². The molecule has 3 fully saturated rings. The largest absolute Gasteiger partial charge is 0.390 e. The van der Waals surface area contributed by atoms with Gasteiger partial charge in [-0.1, -0.05) is 0 Å². The highest BCUT2D eigenvalue weighted by molar-refractivity contribution is 5.74. The number of H-pyrrole nitrogens is 1. The van der Waals surface area contributed by atoms with E-state index in [1.165, 1.54) is 12.8 Å². The van der Waals surface area contributed by atoms with Gasteiger partial charge in [0.05, 0.1) is 25.0 Å². The molecule has 8 heteroatoms. The highest BCUT2D eigenvalue weighted by Crippen LogP contribution is 2.39. The first kappa shape index (κ1) is 16.8. The molecule has 2 aliphatic heterocycles. The molecular weight excluding hydrogens is 322 g/mol. The number of carbonyl (C=O) groups excluding carboxylic acids is 1. The molecule has 3 heterocycles. The summed E-state index contributed by atoms with van der Waals surface area (Å²) in [5.41, 5.74) is 2.25. The van der Waals surface area contributed by atoms with Gasteiger partial charge in [-0.25, -0.2) is 4.79 Å². The van der Waals surface area contributed by atoms with E-state index in [4.69, 9.17) is 4.74 Å². The zero-order chi connectivity index (χ0) is 17.2. The smallest absolute Gasteiger partial charge is 0.320 e. The number of nitrogens with one attached hydrogen (secondary N) is 1. The van der Waals surface area contributed by atoms with E-state index in [1.54, 1.807) is 4.90 Å². The number of hydrogen-bond acceptors (Lipinski definition) is 5. The summed E-state index contributed by atoms with van der Waals surface area (Å²) in [6.45, 7) is 5.54. The molecule has 1 saturated carbocycles. The van der Waals surface area contributed by atoms with Gasteiger partial charge in [-0.05, 0) is 18.9 Å². The molecule has 1 aliphatic carbocycles. The first-order valence-corrected chi connectivity index (χ1v) is 9.25. The number of carbonyl (C=O) groups is 1. The third-order valence-corrected chi connectivity index (χ3v) is 5.18. The predicted octanol–water partition coefficient (Wildman–Crippen LogP) is 0.218. The summed E-state index contributed by atoms with van der Waals surface area (Å²) in [5.74, 6) is 0.640. The van der Waals surface area contributed by atoms with Crippen molar-refractivity contribution >= 4 is 6.03 Å². The monoisotopic (exact) mass is 349 g/mol. The lowest BCUT2D eigenvalue weighted by Crippen LogP contribution is -2.50. The van der Waals surface area contributed by atoms with Gasteiger partial charge in [0.15, 0.2) is 0 Å². The van der Waals surface area contributed by atoms with Gasteiger partial charge in [0.1, 0.15) is 0 Å². The van der Waals surface area contributed by atoms with Crippen LogP contribution in [-0.2, 0) is 11.3 Å². The van der Waals surface area contributed by atoms with Crippen molar-refractivity contribution in [1.82, 2.24) is 24.9 Å². The molecule has 0 aromatic carbocycles. The summed E-state index contributed by atoms with van der Waals surface area (Å²) < 4.78 is 5.31. The number of aromatic nitrogens is 2. The maximum Gasteiger partial charge on any atom is 0.320 e. The molecule has 2 amide bonds. The highest BCUT2D eigenvalue weighted by atomic mass is 16.5. The number of morpholine rings is 1. The van der Waals surface area contributed by atoms with E-state index in [0.29, 0.717) is 51.9 Å². The number of amides is 2. The van der Waals surface area contributed by atoms with Crippen LogP contribution in [0.1, 0.15) is 30.1 Å². The molecule has 0 spiro atoms.